The summed E-state index contributed by atoms with van der Waals surface area (Å²) >= 11 is 0. The van der Waals surface area contributed by atoms with E-state index in [0.717, 1.165) is 22.3 Å². The Hall–Kier alpha value is -3.35. The van der Waals surface area contributed by atoms with Crippen LogP contribution >= 0.6 is 0 Å². The number of ether oxygens (including phenoxy) is 1. The molecular weight excluding hydrogens is 384 g/mol. The van der Waals surface area contributed by atoms with E-state index in [0.29, 0.717) is 0 Å². The first-order valence-electron chi connectivity index (χ1n) is 9.91. The van der Waals surface area contributed by atoms with Crippen molar-refractivity contribution in [3.8, 4) is 11.1 Å². The Labute approximate surface area is 175 Å². The van der Waals surface area contributed by atoms with E-state index in [9.17, 15) is 14.4 Å². The van der Waals surface area contributed by atoms with Crippen LogP contribution in [0.15, 0.2) is 48.5 Å². The van der Waals surface area contributed by atoms with Gasteiger partial charge in [0.15, 0.2) is 0 Å². The highest BCUT2D eigenvalue weighted by atomic mass is 16.5. The SMILES string of the molecule is CC[C@@H](NC(=O)C(C)(C)NC(=O)OCC1c2ccccc2-c2ccccc21)C(=O)O. The van der Waals surface area contributed by atoms with Crippen molar-refractivity contribution >= 4 is 18.0 Å². The first-order chi connectivity index (χ1) is 14.2. The van der Waals surface area contributed by atoms with Crippen molar-refractivity contribution in [1.82, 2.24) is 10.6 Å². The summed E-state index contributed by atoms with van der Waals surface area (Å²) < 4.78 is 5.46. The minimum Gasteiger partial charge on any atom is -0.480 e. The van der Waals surface area contributed by atoms with Crippen molar-refractivity contribution in [3.05, 3.63) is 59.7 Å². The molecule has 2 amide bonds. The average molecular weight is 410 g/mol. The third-order valence-corrected chi connectivity index (χ3v) is 5.34. The topological polar surface area (TPSA) is 105 Å². The molecule has 0 saturated carbocycles. The Balaban J connectivity index is 1.65. The molecule has 2 aromatic rings. The molecule has 0 spiro atoms. The Bertz CT molecular complexity index is 924. The van der Waals surface area contributed by atoms with Crippen LogP contribution in [0.2, 0.25) is 0 Å². The number of hydrogen-bond donors (Lipinski definition) is 3. The third-order valence-electron chi connectivity index (χ3n) is 5.34. The molecule has 0 radical (unpaired) electrons. The first-order valence-corrected chi connectivity index (χ1v) is 9.91. The van der Waals surface area contributed by atoms with E-state index in [4.69, 9.17) is 9.84 Å². The van der Waals surface area contributed by atoms with Gasteiger partial charge in [0.2, 0.25) is 5.91 Å². The van der Waals surface area contributed by atoms with Crippen LogP contribution in [0.3, 0.4) is 0 Å². The molecule has 0 aromatic heterocycles. The van der Waals surface area contributed by atoms with Crippen LogP contribution in [-0.2, 0) is 14.3 Å². The Morgan fingerprint density at radius 2 is 1.57 bits per heavy atom. The van der Waals surface area contributed by atoms with Crippen LogP contribution in [0.25, 0.3) is 11.1 Å². The predicted octanol–water partition coefficient (Wildman–Crippen LogP) is 3.28. The molecule has 0 unspecified atom stereocenters. The molecule has 30 heavy (non-hydrogen) atoms. The van der Waals surface area contributed by atoms with Crippen molar-refractivity contribution in [2.45, 2.75) is 44.7 Å². The van der Waals surface area contributed by atoms with E-state index < -0.39 is 29.6 Å². The van der Waals surface area contributed by atoms with Gasteiger partial charge in [-0.2, -0.15) is 0 Å². The summed E-state index contributed by atoms with van der Waals surface area (Å²) in [6.45, 7) is 4.78. The lowest BCUT2D eigenvalue weighted by atomic mass is 9.98. The third kappa shape index (κ3) is 4.30. The maximum Gasteiger partial charge on any atom is 0.408 e. The van der Waals surface area contributed by atoms with Crippen LogP contribution in [0.5, 0.6) is 0 Å². The maximum absolute atomic E-state index is 12.4. The number of benzene rings is 2. The zero-order valence-electron chi connectivity index (χ0n) is 17.3. The molecule has 1 aliphatic carbocycles. The number of hydrogen-bond acceptors (Lipinski definition) is 4. The molecule has 1 atom stereocenters. The second kappa shape index (κ2) is 8.57. The number of amides is 2. The van der Waals surface area contributed by atoms with Gasteiger partial charge in [0.05, 0.1) is 0 Å². The van der Waals surface area contributed by atoms with E-state index in [1.165, 1.54) is 13.8 Å². The van der Waals surface area contributed by atoms with Gasteiger partial charge in [0, 0.05) is 5.92 Å². The smallest absolute Gasteiger partial charge is 0.408 e. The summed E-state index contributed by atoms with van der Waals surface area (Å²) in [4.78, 5) is 36.0. The highest BCUT2D eigenvalue weighted by Crippen LogP contribution is 2.44. The molecule has 3 N–H and O–H groups in total. The second-order valence-corrected chi connectivity index (χ2v) is 7.85. The summed E-state index contributed by atoms with van der Waals surface area (Å²) in [6, 6.07) is 15.0. The summed E-state index contributed by atoms with van der Waals surface area (Å²) in [7, 11) is 0. The maximum atomic E-state index is 12.4. The number of carbonyl (C=O) groups is 3. The first kappa shape index (κ1) is 21.4. The predicted molar refractivity (Wildman–Crippen MR) is 112 cm³/mol. The van der Waals surface area contributed by atoms with Gasteiger partial charge >= 0.3 is 12.1 Å². The quantitative estimate of drug-likeness (QED) is 0.650. The number of carbonyl (C=O) groups excluding carboxylic acids is 2. The molecule has 158 valence electrons. The zero-order chi connectivity index (χ0) is 21.9. The summed E-state index contributed by atoms with van der Waals surface area (Å²) in [5.74, 6) is -1.80. The van der Waals surface area contributed by atoms with E-state index >= 15 is 0 Å². The van der Waals surface area contributed by atoms with Gasteiger partial charge in [-0.05, 0) is 42.5 Å². The number of alkyl carbamates (subject to hydrolysis) is 1. The number of nitrogens with one attached hydrogen (secondary N) is 2. The van der Waals surface area contributed by atoms with Gasteiger partial charge in [0.25, 0.3) is 0 Å². The Morgan fingerprint density at radius 1 is 1.03 bits per heavy atom. The normalized spacial score (nSPS) is 13.7. The monoisotopic (exact) mass is 410 g/mol. The van der Waals surface area contributed by atoms with Gasteiger partial charge in [-0.25, -0.2) is 9.59 Å². The molecule has 0 heterocycles. The number of carboxylic acid groups (broad SMARTS) is 1. The van der Waals surface area contributed by atoms with E-state index in [2.05, 4.69) is 10.6 Å². The van der Waals surface area contributed by atoms with E-state index in [1.807, 2.05) is 48.5 Å². The van der Waals surface area contributed by atoms with Crippen molar-refractivity contribution in [2.24, 2.45) is 0 Å². The molecule has 7 nitrogen and oxygen atoms in total. The number of rotatable bonds is 7. The van der Waals surface area contributed by atoms with Crippen molar-refractivity contribution in [1.29, 1.82) is 0 Å². The standard InChI is InChI=1S/C23H26N2O5/c1-4-19(20(26)27)24-21(28)23(2,3)25-22(29)30-13-18-16-11-7-5-9-14(16)15-10-6-8-12-17(15)18/h5-12,18-19H,4,13H2,1-3H3,(H,24,28)(H,25,29)(H,26,27)/t19-/m1/s1. The average Bonchev–Trinajstić information content (AvgIpc) is 3.03. The van der Waals surface area contributed by atoms with Crippen LogP contribution in [0.1, 0.15) is 44.2 Å². The highest BCUT2D eigenvalue weighted by molar-refractivity contribution is 5.92. The molecule has 0 bridgehead atoms. The lowest BCUT2D eigenvalue weighted by Crippen LogP contribution is -2.57. The Morgan fingerprint density at radius 3 is 2.07 bits per heavy atom. The molecule has 0 fully saturated rings. The fourth-order valence-corrected chi connectivity index (χ4v) is 3.62. The summed E-state index contributed by atoms with van der Waals surface area (Å²) in [6.07, 6.45) is -0.498. The molecule has 2 aromatic carbocycles. The van der Waals surface area contributed by atoms with Gasteiger partial charge in [-0.1, -0.05) is 55.5 Å². The molecule has 0 saturated heterocycles. The zero-order valence-corrected chi connectivity index (χ0v) is 17.3. The molecule has 0 aliphatic heterocycles. The van der Waals surface area contributed by atoms with Gasteiger partial charge in [-0.3, -0.25) is 4.79 Å². The fraction of sp³-hybridized carbons (Fsp3) is 0.348. The Kier molecular flexibility index (Phi) is 6.10. The number of aliphatic carboxylic acids is 1. The minimum atomic E-state index is -1.33. The number of carboxylic acids is 1. The van der Waals surface area contributed by atoms with Gasteiger partial charge < -0.3 is 20.5 Å². The molecule has 3 rings (SSSR count). The van der Waals surface area contributed by atoms with Crippen LogP contribution in [-0.4, -0.2) is 41.3 Å². The van der Waals surface area contributed by atoms with E-state index in [-0.39, 0.29) is 18.9 Å². The largest absolute Gasteiger partial charge is 0.480 e. The van der Waals surface area contributed by atoms with Crippen molar-refractivity contribution in [3.63, 3.8) is 0 Å². The van der Waals surface area contributed by atoms with Crippen LogP contribution in [0, 0.1) is 0 Å². The van der Waals surface area contributed by atoms with Gasteiger partial charge in [-0.15, -0.1) is 0 Å². The van der Waals surface area contributed by atoms with E-state index in [1.54, 1.807) is 6.92 Å². The van der Waals surface area contributed by atoms with Crippen LogP contribution in [0.4, 0.5) is 4.79 Å². The molecular formula is C23H26N2O5. The minimum absolute atomic E-state index is 0.0865. The lowest BCUT2D eigenvalue weighted by Gasteiger charge is -2.26. The van der Waals surface area contributed by atoms with Crippen LogP contribution < -0.4 is 10.6 Å². The molecule has 1 aliphatic rings. The number of fused-ring (bicyclic) bond motifs is 3. The molecule has 7 heteroatoms. The van der Waals surface area contributed by atoms with Gasteiger partial charge in [0.1, 0.15) is 18.2 Å². The summed E-state index contributed by atoms with van der Waals surface area (Å²) in [5, 5.41) is 14.1. The fourth-order valence-electron chi connectivity index (χ4n) is 3.62. The second-order valence-electron chi connectivity index (χ2n) is 7.85. The van der Waals surface area contributed by atoms with Crippen molar-refractivity contribution in [2.75, 3.05) is 6.61 Å². The lowest BCUT2D eigenvalue weighted by molar-refractivity contribution is -0.142. The summed E-state index contributed by atoms with van der Waals surface area (Å²) in [5.41, 5.74) is 3.11. The van der Waals surface area contributed by atoms with Crippen molar-refractivity contribution < 1.29 is 24.2 Å². The highest BCUT2D eigenvalue weighted by Gasteiger charge is 2.34.